The van der Waals surface area contributed by atoms with Crippen molar-refractivity contribution in [3.8, 4) is 28.7 Å². The van der Waals surface area contributed by atoms with Crippen molar-refractivity contribution in [3.63, 3.8) is 0 Å². The van der Waals surface area contributed by atoms with Crippen LogP contribution in [0.1, 0.15) is 46.3 Å². The Labute approximate surface area is 225 Å². The molecule has 0 saturated heterocycles. The van der Waals surface area contributed by atoms with Crippen molar-refractivity contribution in [2.75, 3.05) is 34.5 Å². The summed E-state index contributed by atoms with van der Waals surface area (Å²) in [7, 11) is 4.30. The number of H-pyrrole nitrogens is 1. The molecule has 0 spiro atoms. The normalized spacial score (nSPS) is 11.4. The van der Waals surface area contributed by atoms with Crippen LogP contribution in [0.15, 0.2) is 47.4 Å². The maximum Gasteiger partial charge on any atom is 0.343 e. The van der Waals surface area contributed by atoms with Crippen LogP contribution in [-0.2, 0) is 16.0 Å². The van der Waals surface area contributed by atoms with Gasteiger partial charge in [0.1, 0.15) is 17.1 Å². The minimum Gasteiger partial charge on any atom is -0.508 e. The summed E-state index contributed by atoms with van der Waals surface area (Å²) >= 11 is 0. The van der Waals surface area contributed by atoms with Crippen molar-refractivity contribution >= 4 is 11.9 Å². The van der Waals surface area contributed by atoms with Gasteiger partial charge in [0.2, 0.25) is 11.7 Å². The van der Waals surface area contributed by atoms with Gasteiger partial charge in [-0.15, -0.1) is 0 Å². The number of hydrogen-bond acceptors (Lipinski definition) is 9. The molecular formula is C28H32N2O9. The Hall–Kier alpha value is -4.67. The summed E-state index contributed by atoms with van der Waals surface area (Å²) in [6, 6.07) is 9.76. The topological polar surface area (TPSA) is 156 Å². The van der Waals surface area contributed by atoms with Crippen LogP contribution < -0.4 is 25.1 Å². The first-order chi connectivity index (χ1) is 18.7. The number of nitrogens with one attached hydrogen (secondary N) is 2. The van der Waals surface area contributed by atoms with E-state index in [4.69, 9.17) is 18.9 Å². The van der Waals surface area contributed by atoms with Crippen LogP contribution in [0, 0.1) is 0 Å². The van der Waals surface area contributed by atoms with E-state index in [9.17, 15) is 24.6 Å². The van der Waals surface area contributed by atoms with Crippen LogP contribution in [-0.4, -0.2) is 61.6 Å². The molecule has 1 atom stereocenters. The summed E-state index contributed by atoms with van der Waals surface area (Å²) in [6.45, 7) is 1.96. The predicted molar refractivity (Wildman–Crippen MR) is 142 cm³/mol. The van der Waals surface area contributed by atoms with E-state index in [2.05, 4.69) is 10.3 Å². The zero-order valence-corrected chi connectivity index (χ0v) is 22.2. The number of amides is 1. The monoisotopic (exact) mass is 540 g/mol. The molecule has 0 radical (unpaired) electrons. The molecule has 3 aromatic rings. The number of rotatable bonds is 12. The fraction of sp³-hybridized carbons (Fsp3) is 0.321. The van der Waals surface area contributed by atoms with E-state index in [0.29, 0.717) is 17.7 Å². The summed E-state index contributed by atoms with van der Waals surface area (Å²) < 4.78 is 21.3. The lowest BCUT2D eigenvalue weighted by molar-refractivity contribution is -0.121. The standard InChI is InChI=1S/C28H32N2O9/c1-5-39-28(35)20-15-30-27(34)24(25(20)33)19(17-12-21(36-2)26(38-4)22(13-17)37-3)14-23(32)29-11-10-16-6-8-18(31)9-7-16/h6-9,12-13,15,19,31H,5,10-11,14H2,1-4H3,(H,29,32)(H2,30,33,34). The van der Waals surface area contributed by atoms with Gasteiger partial charge in [-0.25, -0.2) is 4.79 Å². The van der Waals surface area contributed by atoms with E-state index in [1.54, 1.807) is 43.3 Å². The van der Waals surface area contributed by atoms with Crippen LogP contribution in [0.2, 0.25) is 0 Å². The number of carbonyl (C=O) groups excluding carboxylic acids is 2. The zero-order valence-electron chi connectivity index (χ0n) is 22.2. The van der Waals surface area contributed by atoms with Gasteiger partial charge in [-0.2, -0.15) is 0 Å². The number of esters is 1. The van der Waals surface area contributed by atoms with Gasteiger partial charge < -0.3 is 39.5 Å². The maximum atomic E-state index is 13.1. The first kappa shape index (κ1) is 28.9. The molecule has 0 fully saturated rings. The molecule has 1 heterocycles. The van der Waals surface area contributed by atoms with Crippen molar-refractivity contribution in [1.82, 2.24) is 10.3 Å². The van der Waals surface area contributed by atoms with E-state index >= 15 is 0 Å². The summed E-state index contributed by atoms with van der Waals surface area (Å²) in [5, 5.41) is 23.3. The summed E-state index contributed by atoms with van der Waals surface area (Å²) in [5.74, 6) is -1.82. The second-order valence-corrected chi connectivity index (χ2v) is 8.50. The lowest BCUT2D eigenvalue weighted by atomic mass is 9.87. The molecule has 3 rings (SSSR count). The Bertz CT molecular complexity index is 1340. The number of pyridine rings is 1. The van der Waals surface area contributed by atoms with Gasteiger partial charge in [0.05, 0.1) is 33.5 Å². The summed E-state index contributed by atoms with van der Waals surface area (Å²) in [4.78, 5) is 41.0. The quantitative estimate of drug-likeness (QED) is 0.254. The highest BCUT2D eigenvalue weighted by Gasteiger charge is 2.30. The zero-order chi connectivity index (χ0) is 28.5. The highest BCUT2D eigenvalue weighted by molar-refractivity contribution is 5.92. The molecule has 4 N–H and O–H groups in total. The van der Waals surface area contributed by atoms with E-state index < -0.39 is 29.1 Å². The van der Waals surface area contributed by atoms with E-state index in [1.165, 1.54) is 21.3 Å². The number of aromatic hydroxyl groups is 2. The Morgan fingerprint density at radius 1 is 1.00 bits per heavy atom. The Kier molecular flexibility index (Phi) is 9.80. The number of aromatic amines is 1. The molecule has 1 amide bonds. The van der Waals surface area contributed by atoms with Crippen molar-refractivity contribution < 1.29 is 38.7 Å². The fourth-order valence-corrected chi connectivity index (χ4v) is 4.18. The Balaban J connectivity index is 2.02. The molecule has 1 aromatic heterocycles. The number of phenols is 1. The van der Waals surface area contributed by atoms with Gasteiger partial charge in [-0.3, -0.25) is 9.59 Å². The van der Waals surface area contributed by atoms with Gasteiger partial charge in [0.25, 0.3) is 5.56 Å². The maximum absolute atomic E-state index is 13.1. The van der Waals surface area contributed by atoms with Crippen molar-refractivity contribution in [2.45, 2.75) is 25.7 Å². The average Bonchev–Trinajstić information content (AvgIpc) is 2.92. The van der Waals surface area contributed by atoms with E-state index in [0.717, 1.165) is 11.8 Å². The highest BCUT2D eigenvalue weighted by atomic mass is 16.5. The number of phenolic OH excluding ortho intramolecular Hbond substituents is 1. The molecule has 11 nitrogen and oxygen atoms in total. The van der Waals surface area contributed by atoms with Crippen LogP contribution >= 0.6 is 0 Å². The number of aromatic nitrogens is 1. The van der Waals surface area contributed by atoms with Crippen LogP contribution in [0.5, 0.6) is 28.7 Å². The second-order valence-electron chi connectivity index (χ2n) is 8.50. The van der Waals surface area contributed by atoms with Gasteiger partial charge in [0.15, 0.2) is 11.5 Å². The molecule has 11 heteroatoms. The molecule has 208 valence electrons. The number of methoxy groups -OCH3 is 3. The third-order valence-corrected chi connectivity index (χ3v) is 6.10. The third kappa shape index (κ3) is 6.81. The fourth-order valence-electron chi connectivity index (χ4n) is 4.18. The lowest BCUT2D eigenvalue weighted by Crippen LogP contribution is -2.29. The minimum atomic E-state index is -1.01. The number of benzene rings is 2. The van der Waals surface area contributed by atoms with Crippen molar-refractivity contribution in [2.24, 2.45) is 0 Å². The number of hydrogen-bond donors (Lipinski definition) is 4. The molecule has 39 heavy (non-hydrogen) atoms. The number of carbonyl (C=O) groups is 2. The summed E-state index contributed by atoms with van der Waals surface area (Å²) in [5.41, 5.74) is 0.196. The Morgan fingerprint density at radius 3 is 2.21 bits per heavy atom. The molecule has 0 aliphatic rings. The van der Waals surface area contributed by atoms with Gasteiger partial charge in [0, 0.05) is 25.1 Å². The molecule has 2 aromatic carbocycles. The average molecular weight is 541 g/mol. The molecule has 0 saturated carbocycles. The predicted octanol–water partition coefficient (Wildman–Crippen LogP) is 2.87. The molecule has 1 unspecified atom stereocenters. The van der Waals surface area contributed by atoms with E-state index in [-0.39, 0.29) is 47.9 Å². The SMILES string of the molecule is CCOC(=O)c1c[nH]c(=O)c(C(CC(=O)NCCc2ccc(O)cc2)c2cc(OC)c(OC)c(OC)c2)c1O. The third-order valence-electron chi connectivity index (χ3n) is 6.10. The van der Waals surface area contributed by atoms with Gasteiger partial charge in [-0.05, 0) is 48.7 Å². The highest BCUT2D eigenvalue weighted by Crippen LogP contribution is 2.43. The lowest BCUT2D eigenvalue weighted by Gasteiger charge is -2.22. The first-order valence-electron chi connectivity index (χ1n) is 12.2. The van der Waals surface area contributed by atoms with Crippen molar-refractivity contribution in [1.29, 1.82) is 0 Å². The molecule has 0 aliphatic heterocycles. The van der Waals surface area contributed by atoms with Crippen molar-refractivity contribution in [3.05, 3.63) is 75.2 Å². The van der Waals surface area contributed by atoms with Gasteiger partial charge in [-0.1, -0.05) is 12.1 Å². The molecule has 0 bridgehead atoms. The molecule has 0 aliphatic carbocycles. The Morgan fingerprint density at radius 2 is 1.64 bits per heavy atom. The van der Waals surface area contributed by atoms with Gasteiger partial charge >= 0.3 is 5.97 Å². The molecular weight excluding hydrogens is 508 g/mol. The first-order valence-corrected chi connectivity index (χ1v) is 12.2. The largest absolute Gasteiger partial charge is 0.508 e. The summed E-state index contributed by atoms with van der Waals surface area (Å²) in [6.07, 6.45) is 1.32. The van der Waals surface area contributed by atoms with E-state index in [1.807, 2.05) is 0 Å². The van der Waals surface area contributed by atoms with Crippen LogP contribution in [0.3, 0.4) is 0 Å². The van der Waals surface area contributed by atoms with Crippen LogP contribution in [0.4, 0.5) is 0 Å². The minimum absolute atomic E-state index is 0.0620. The smallest absolute Gasteiger partial charge is 0.343 e. The second kappa shape index (κ2) is 13.2. The number of ether oxygens (including phenoxy) is 4. The van der Waals surface area contributed by atoms with Crippen LogP contribution in [0.25, 0.3) is 0 Å².